The number of unbranched alkanes of at least 4 members (excludes halogenated alkanes) is 1. The van der Waals surface area contributed by atoms with E-state index in [1.165, 1.54) is 51.5 Å². The highest BCUT2D eigenvalue weighted by Crippen LogP contribution is 2.37. The van der Waals surface area contributed by atoms with Crippen molar-refractivity contribution in [1.82, 2.24) is 5.32 Å². The van der Waals surface area contributed by atoms with E-state index in [-0.39, 0.29) is 0 Å². The van der Waals surface area contributed by atoms with Crippen molar-refractivity contribution in [2.24, 2.45) is 11.3 Å². The Hall–Kier alpha value is -0.0400. The summed E-state index contributed by atoms with van der Waals surface area (Å²) in [5.74, 6) is 0.922. The smallest absolute Gasteiger partial charge is 0.000769 e. The Balaban J connectivity index is 4.51. The molecule has 104 valence electrons. The van der Waals surface area contributed by atoms with Gasteiger partial charge in [-0.2, -0.15) is 0 Å². The fourth-order valence-electron chi connectivity index (χ4n) is 2.84. The van der Waals surface area contributed by atoms with Gasteiger partial charge in [-0.25, -0.2) is 0 Å². The number of rotatable bonds is 11. The summed E-state index contributed by atoms with van der Waals surface area (Å²) in [4.78, 5) is 0. The molecule has 0 aliphatic carbocycles. The first-order chi connectivity index (χ1) is 8.17. The van der Waals surface area contributed by atoms with Crippen LogP contribution in [0.3, 0.4) is 0 Å². The summed E-state index contributed by atoms with van der Waals surface area (Å²) in [7, 11) is 0. The van der Waals surface area contributed by atoms with E-state index in [4.69, 9.17) is 0 Å². The van der Waals surface area contributed by atoms with E-state index in [1.807, 2.05) is 0 Å². The van der Waals surface area contributed by atoms with E-state index < -0.39 is 0 Å². The maximum absolute atomic E-state index is 3.60. The Bertz CT molecular complexity index is 153. The van der Waals surface area contributed by atoms with Crippen LogP contribution in [0.25, 0.3) is 0 Å². The highest BCUT2D eigenvalue weighted by atomic mass is 14.9. The van der Waals surface area contributed by atoms with Crippen molar-refractivity contribution >= 4 is 0 Å². The topological polar surface area (TPSA) is 12.0 Å². The van der Waals surface area contributed by atoms with E-state index >= 15 is 0 Å². The standard InChI is InChI=1S/C16H35N/c1-6-11-12-16(9-4,14-17-10-5)13-15(7-2)8-3/h15,17H,6-14H2,1-5H3. The SMILES string of the molecule is CCCCC(CC)(CNCC)CC(CC)CC. The van der Waals surface area contributed by atoms with Crippen molar-refractivity contribution in [1.29, 1.82) is 0 Å². The zero-order valence-electron chi connectivity index (χ0n) is 12.9. The van der Waals surface area contributed by atoms with E-state index in [2.05, 4.69) is 39.9 Å². The molecule has 0 rings (SSSR count). The Morgan fingerprint density at radius 2 is 1.65 bits per heavy atom. The van der Waals surface area contributed by atoms with E-state index in [1.54, 1.807) is 0 Å². The average Bonchev–Trinajstić information content (AvgIpc) is 2.38. The second kappa shape index (κ2) is 9.94. The van der Waals surface area contributed by atoms with Gasteiger partial charge in [0.05, 0.1) is 0 Å². The van der Waals surface area contributed by atoms with Gasteiger partial charge in [0.25, 0.3) is 0 Å². The molecular formula is C16H35N. The highest BCUT2D eigenvalue weighted by molar-refractivity contribution is 4.82. The Labute approximate surface area is 110 Å². The van der Waals surface area contributed by atoms with Gasteiger partial charge in [0, 0.05) is 6.54 Å². The molecule has 0 fully saturated rings. The van der Waals surface area contributed by atoms with Crippen molar-refractivity contribution in [2.75, 3.05) is 13.1 Å². The maximum atomic E-state index is 3.60. The van der Waals surface area contributed by atoms with Crippen molar-refractivity contribution in [2.45, 2.75) is 79.6 Å². The molecule has 1 nitrogen and oxygen atoms in total. The van der Waals surface area contributed by atoms with Crippen molar-refractivity contribution in [3.63, 3.8) is 0 Å². The molecule has 0 saturated heterocycles. The lowest BCUT2D eigenvalue weighted by atomic mass is 9.72. The van der Waals surface area contributed by atoms with Crippen LogP contribution in [0, 0.1) is 11.3 Å². The summed E-state index contributed by atoms with van der Waals surface area (Å²) in [6.45, 7) is 13.9. The molecule has 0 radical (unpaired) electrons. The molecule has 0 heterocycles. The van der Waals surface area contributed by atoms with Gasteiger partial charge in [-0.15, -0.1) is 0 Å². The van der Waals surface area contributed by atoms with Crippen LogP contribution in [0.15, 0.2) is 0 Å². The van der Waals surface area contributed by atoms with Gasteiger partial charge < -0.3 is 5.32 Å². The molecule has 0 spiro atoms. The first-order valence-corrected chi connectivity index (χ1v) is 7.88. The van der Waals surface area contributed by atoms with Crippen LogP contribution in [0.2, 0.25) is 0 Å². The van der Waals surface area contributed by atoms with Gasteiger partial charge in [-0.3, -0.25) is 0 Å². The van der Waals surface area contributed by atoms with Gasteiger partial charge in [0.15, 0.2) is 0 Å². The number of hydrogen-bond donors (Lipinski definition) is 1. The highest BCUT2D eigenvalue weighted by Gasteiger charge is 2.29. The van der Waals surface area contributed by atoms with Gasteiger partial charge >= 0.3 is 0 Å². The number of nitrogens with one attached hydrogen (secondary N) is 1. The molecule has 0 bridgehead atoms. The van der Waals surface area contributed by atoms with Crippen LogP contribution >= 0.6 is 0 Å². The van der Waals surface area contributed by atoms with Crippen LogP contribution in [0.1, 0.15) is 79.6 Å². The Kier molecular flexibility index (Phi) is 9.91. The van der Waals surface area contributed by atoms with Crippen LogP contribution in [-0.2, 0) is 0 Å². The second-order valence-electron chi connectivity index (χ2n) is 5.62. The first-order valence-electron chi connectivity index (χ1n) is 7.88. The van der Waals surface area contributed by atoms with Crippen molar-refractivity contribution in [3.8, 4) is 0 Å². The van der Waals surface area contributed by atoms with Gasteiger partial charge in [0.1, 0.15) is 0 Å². The fraction of sp³-hybridized carbons (Fsp3) is 1.00. The lowest BCUT2D eigenvalue weighted by Crippen LogP contribution is -2.35. The van der Waals surface area contributed by atoms with E-state index in [0.29, 0.717) is 5.41 Å². The van der Waals surface area contributed by atoms with Gasteiger partial charge in [0.2, 0.25) is 0 Å². The molecule has 0 aromatic heterocycles. The lowest BCUT2D eigenvalue weighted by molar-refractivity contribution is 0.170. The van der Waals surface area contributed by atoms with Gasteiger partial charge in [-0.1, -0.05) is 60.3 Å². The predicted molar refractivity (Wildman–Crippen MR) is 79.5 cm³/mol. The molecule has 0 aliphatic rings. The first kappa shape index (κ1) is 17.0. The zero-order valence-corrected chi connectivity index (χ0v) is 12.9. The molecule has 1 atom stereocenters. The molecule has 0 aliphatic heterocycles. The third kappa shape index (κ3) is 6.45. The van der Waals surface area contributed by atoms with Crippen LogP contribution < -0.4 is 5.32 Å². The summed E-state index contributed by atoms with van der Waals surface area (Å²) in [6.07, 6.45) is 9.56. The third-order valence-electron chi connectivity index (χ3n) is 4.44. The zero-order chi connectivity index (χ0) is 13.1. The van der Waals surface area contributed by atoms with Crippen LogP contribution in [0.4, 0.5) is 0 Å². The summed E-state index contributed by atoms with van der Waals surface area (Å²) in [5, 5.41) is 3.60. The normalized spacial score (nSPS) is 15.2. The summed E-state index contributed by atoms with van der Waals surface area (Å²) < 4.78 is 0. The monoisotopic (exact) mass is 241 g/mol. The maximum Gasteiger partial charge on any atom is 0.000769 e. The lowest BCUT2D eigenvalue weighted by Gasteiger charge is -2.36. The molecule has 0 saturated carbocycles. The molecule has 1 unspecified atom stereocenters. The van der Waals surface area contributed by atoms with Crippen molar-refractivity contribution in [3.05, 3.63) is 0 Å². The molecule has 0 aromatic carbocycles. The third-order valence-corrected chi connectivity index (χ3v) is 4.44. The molecule has 0 amide bonds. The van der Waals surface area contributed by atoms with E-state index in [0.717, 1.165) is 12.5 Å². The van der Waals surface area contributed by atoms with Crippen molar-refractivity contribution < 1.29 is 0 Å². The van der Waals surface area contributed by atoms with E-state index in [9.17, 15) is 0 Å². The largest absolute Gasteiger partial charge is 0.316 e. The van der Waals surface area contributed by atoms with Crippen LogP contribution in [0.5, 0.6) is 0 Å². The molecule has 0 aromatic rings. The summed E-state index contributed by atoms with van der Waals surface area (Å²) in [5.41, 5.74) is 0.558. The molecule has 17 heavy (non-hydrogen) atoms. The molecule has 1 heteroatoms. The minimum Gasteiger partial charge on any atom is -0.316 e. The summed E-state index contributed by atoms with van der Waals surface area (Å²) in [6, 6.07) is 0. The molecule has 1 N–H and O–H groups in total. The summed E-state index contributed by atoms with van der Waals surface area (Å²) >= 11 is 0. The minimum absolute atomic E-state index is 0.558. The van der Waals surface area contributed by atoms with Crippen LogP contribution in [-0.4, -0.2) is 13.1 Å². The minimum atomic E-state index is 0.558. The average molecular weight is 241 g/mol. The second-order valence-corrected chi connectivity index (χ2v) is 5.62. The van der Waals surface area contributed by atoms with Gasteiger partial charge in [-0.05, 0) is 37.1 Å². The predicted octanol–water partition coefficient (Wildman–Crippen LogP) is 5.01. The fourth-order valence-corrected chi connectivity index (χ4v) is 2.84. The molecular weight excluding hydrogens is 206 g/mol. The quantitative estimate of drug-likeness (QED) is 0.536. The Morgan fingerprint density at radius 1 is 1.00 bits per heavy atom. The Morgan fingerprint density at radius 3 is 2.06 bits per heavy atom. The number of hydrogen-bond acceptors (Lipinski definition) is 1.